The van der Waals surface area contributed by atoms with Gasteiger partial charge in [-0.1, -0.05) is 25.5 Å². The number of rotatable bonds is 7. The molecule has 0 spiro atoms. The zero-order valence-corrected chi connectivity index (χ0v) is 12.9. The molecule has 1 unspecified atom stereocenters. The number of likely N-dealkylation sites (N-methyl/N-ethyl adjacent to an activating group) is 1. The Labute approximate surface area is 123 Å². The van der Waals surface area contributed by atoms with Gasteiger partial charge in [-0.15, -0.1) is 11.3 Å². The third-order valence-electron chi connectivity index (χ3n) is 3.11. The van der Waals surface area contributed by atoms with E-state index in [1.165, 1.54) is 4.70 Å². The first-order valence-electron chi connectivity index (χ1n) is 7.11. The van der Waals surface area contributed by atoms with E-state index in [2.05, 4.69) is 23.3 Å². The van der Waals surface area contributed by atoms with Crippen molar-refractivity contribution in [3.05, 3.63) is 29.3 Å². The monoisotopic (exact) mass is 292 g/mol. The first kappa shape index (κ1) is 14.9. The summed E-state index contributed by atoms with van der Waals surface area (Å²) in [6, 6.07) is 8.15. The van der Waals surface area contributed by atoms with Crippen molar-refractivity contribution in [3.8, 4) is 0 Å². The van der Waals surface area contributed by atoms with Crippen molar-refractivity contribution in [2.24, 2.45) is 0 Å². The van der Waals surface area contributed by atoms with E-state index in [0.29, 0.717) is 6.54 Å². The van der Waals surface area contributed by atoms with E-state index in [-0.39, 0.29) is 5.91 Å². The minimum absolute atomic E-state index is 0.122. The van der Waals surface area contributed by atoms with Gasteiger partial charge in [0.15, 0.2) is 6.54 Å². The summed E-state index contributed by atoms with van der Waals surface area (Å²) in [5, 5.41) is 4.04. The number of amides is 1. The second-order valence-corrected chi connectivity index (χ2v) is 6.20. The molecule has 1 heterocycles. The number of benzene rings is 1. The zero-order chi connectivity index (χ0) is 14.4. The van der Waals surface area contributed by atoms with Crippen molar-refractivity contribution in [2.45, 2.75) is 26.3 Å². The summed E-state index contributed by atoms with van der Waals surface area (Å²) in [5.74, 6) is 0.122. The van der Waals surface area contributed by atoms with Gasteiger partial charge in [0.05, 0.1) is 17.3 Å². The van der Waals surface area contributed by atoms with Crippen molar-refractivity contribution >= 4 is 27.5 Å². The summed E-state index contributed by atoms with van der Waals surface area (Å²) >= 11 is 1.71. The Morgan fingerprint density at radius 3 is 2.95 bits per heavy atom. The van der Waals surface area contributed by atoms with Crippen molar-refractivity contribution in [1.29, 1.82) is 0 Å². The van der Waals surface area contributed by atoms with Gasteiger partial charge in [-0.2, -0.15) is 0 Å². The Kier molecular flexibility index (Phi) is 5.49. The lowest BCUT2D eigenvalue weighted by atomic mass is 10.3. The molecule has 2 rings (SSSR count). The molecule has 5 heteroatoms. The summed E-state index contributed by atoms with van der Waals surface area (Å²) in [6.07, 6.45) is 2.15. The molecule has 0 aliphatic rings. The van der Waals surface area contributed by atoms with Crippen molar-refractivity contribution in [2.75, 3.05) is 20.1 Å². The van der Waals surface area contributed by atoms with Gasteiger partial charge in [-0.3, -0.25) is 4.79 Å². The van der Waals surface area contributed by atoms with Crippen LogP contribution in [-0.4, -0.2) is 31.0 Å². The lowest BCUT2D eigenvalue weighted by Gasteiger charge is -2.12. The summed E-state index contributed by atoms with van der Waals surface area (Å²) in [5.41, 5.74) is 1.05. The molecule has 0 aliphatic heterocycles. The van der Waals surface area contributed by atoms with Gasteiger partial charge in [0, 0.05) is 6.54 Å². The SMILES string of the molecule is CCCCNC(=O)C[NH+](C)Cc1nc2ccccc2s1. The van der Waals surface area contributed by atoms with E-state index < -0.39 is 0 Å². The van der Waals surface area contributed by atoms with Crippen LogP contribution in [0.4, 0.5) is 0 Å². The maximum Gasteiger partial charge on any atom is 0.275 e. The molecule has 0 saturated carbocycles. The van der Waals surface area contributed by atoms with E-state index in [1.807, 2.05) is 25.2 Å². The van der Waals surface area contributed by atoms with Crippen molar-refractivity contribution < 1.29 is 9.69 Å². The third kappa shape index (κ3) is 4.28. The molecule has 4 nitrogen and oxygen atoms in total. The van der Waals surface area contributed by atoms with E-state index in [1.54, 1.807) is 11.3 Å². The first-order chi connectivity index (χ1) is 9.69. The van der Waals surface area contributed by atoms with Gasteiger partial charge in [0.25, 0.3) is 5.91 Å². The number of unbranched alkanes of at least 4 members (excludes halogenated alkanes) is 1. The van der Waals surface area contributed by atoms with Crippen LogP contribution in [0.2, 0.25) is 0 Å². The van der Waals surface area contributed by atoms with Gasteiger partial charge in [-0.25, -0.2) is 4.98 Å². The fraction of sp³-hybridized carbons (Fsp3) is 0.467. The molecule has 0 fully saturated rings. The minimum atomic E-state index is 0.122. The molecule has 0 saturated heterocycles. The minimum Gasteiger partial charge on any atom is -0.351 e. The highest BCUT2D eigenvalue weighted by molar-refractivity contribution is 7.18. The fourth-order valence-electron chi connectivity index (χ4n) is 2.06. The molecule has 1 aromatic carbocycles. The lowest BCUT2D eigenvalue weighted by Crippen LogP contribution is -3.08. The predicted molar refractivity (Wildman–Crippen MR) is 83.0 cm³/mol. The quantitative estimate of drug-likeness (QED) is 0.754. The molecule has 0 bridgehead atoms. The molecule has 1 atom stereocenters. The molecule has 1 aromatic heterocycles. The third-order valence-corrected chi connectivity index (χ3v) is 4.14. The molecule has 1 amide bonds. The van der Waals surface area contributed by atoms with Crippen LogP contribution in [-0.2, 0) is 11.3 Å². The maximum atomic E-state index is 11.7. The van der Waals surface area contributed by atoms with Crippen LogP contribution < -0.4 is 10.2 Å². The number of nitrogens with zero attached hydrogens (tertiary/aromatic N) is 1. The Morgan fingerprint density at radius 2 is 2.20 bits per heavy atom. The molecule has 108 valence electrons. The second kappa shape index (κ2) is 7.36. The van der Waals surface area contributed by atoms with Gasteiger partial charge >= 0.3 is 0 Å². The highest BCUT2D eigenvalue weighted by Crippen LogP contribution is 2.20. The Morgan fingerprint density at radius 1 is 1.40 bits per heavy atom. The molecular weight excluding hydrogens is 270 g/mol. The van der Waals surface area contributed by atoms with E-state index in [4.69, 9.17) is 0 Å². The van der Waals surface area contributed by atoms with Gasteiger partial charge in [0.1, 0.15) is 11.6 Å². The topological polar surface area (TPSA) is 46.4 Å². The molecule has 2 aromatic rings. The largest absolute Gasteiger partial charge is 0.351 e. The number of carbonyl (C=O) groups is 1. The number of para-hydroxylation sites is 1. The van der Waals surface area contributed by atoms with Crippen LogP contribution in [0.25, 0.3) is 10.2 Å². The van der Waals surface area contributed by atoms with E-state index in [9.17, 15) is 4.79 Å². The number of hydrogen-bond donors (Lipinski definition) is 2. The van der Waals surface area contributed by atoms with Crippen molar-refractivity contribution in [3.63, 3.8) is 0 Å². The standard InChI is InChI=1S/C15H21N3OS/c1-3-4-9-16-14(19)10-18(2)11-15-17-12-7-5-6-8-13(12)20-15/h5-8H,3-4,9-11H2,1-2H3,(H,16,19)/p+1. The van der Waals surface area contributed by atoms with E-state index in [0.717, 1.165) is 41.4 Å². The summed E-state index contributed by atoms with van der Waals surface area (Å²) in [4.78, 5) is 17.5. The molecule has 2 N–H and O–H groups in total. The van der Waals surface area contributed by atoms with Gasteiger partial charge in [-0.05, 0) is 18.6 Å². The first-order valence-corrected chi connectivity index (χ1v) is 7.93. The summed E-state index contributed by atoms with van der Waals surface area (Å²) in [6.45, 7) is 4.20. The van der Waals surface area contributed by atoms with Crippen molar-refractivity contribution in [1.82, 2.24) is 10.3 Å². The van der Waals surface area contributed by atoms with Crippen LogP contribution in [0.5, 0.6) is 0 Å². The second-order valence-electron chi connectivity index (χ2n) is 5.09. The maximum absolute atomic E-state index is 11.7. The number of fused-ring (bicyclic) bond motifs is 1. The number of hydrogen-bond acceptors (Lipinski definition) is 3. The van der Waals surface area contributed by atoms with Crippen LogP contribution in [0.15, 0.2) is 24.3 Å². The highest BCUT2D eigenvalue weighted by Gasteiger charge is 2.12. The molecule has 20 heavy (non-hydrogen) atoms. The predicted octanol–water partition coefficient (Wildman–Crippen LogP) is 1.23. The van der Waals surface area contributed by atoms with Crippen LogP contribution in [0.3, 0.4) is 0 Å². The lowest BCUT2D eigenvalue weighted by molar-refractivity contribution is -0.885. The van der Waals surface area contributed by atoms with E-state index >= 15 is 0 Å². The fourth-order valence-corrected chi connectivity index (χ4v) is 3.14. The normalized spacial score (nSPS) is 12.5. The number of quaternary nitrogens is 1. The average molecular weight is 292 g/mol. The Balaban J connectivity index is 1.84. The number of nitrogens with one attached hydrogen (secondary N) is 2. The van der Waals surface area contributed by atoms with Crippen LogP contribution in [0.1, 0.15) is 24.8 Å². The van der Waals surface area contributed by atoms with Crippen LogP contribution in [0, 0.1) is 0 Å². The van der Waals surface area contributed by atoms with Crippen LogP contribution >= 0.6 is 11.3 Å². The Hall–Kier alpha value is -1.46. The molecule has 0 aliphatic carbocycles. The highest BCUT2D eigenvalue weighted by atomic mass is 32.1. The average Bonchev–Trinajstić information content (AvgIpc) is 2.80. The number of aromatic nitrogens is 1. The smallest absolute Gasteiger partial charge is 0.275 e. The summed E-state index contributed by atoms with van der Waals surface area (Å²) in [7, 11) is 2.03. The summed E-state index contributed by atoms with van der Waals surface area (Å²) < 4.78 is 1.21. The number of thiazole rings is 1. The molecular formula is C15H22N3OS+. The zero-order valence-electron chi connectivity index (χ0n) is 12.1. The van der Waals surface area contributed by atoms with Gasteiger partial charge < -0.3 is 10.2 Å². The van der Waals surface area contributed by atoms with Gasteiger partial charge in [0.2, 0.25) is 0 Å². The molecule has 0 radical (unpaired) electrons. The Bertz CT molecular complexity index is 534. The number of carbonyl (C=O) groups excluding carboxylic acids is 1.